The summed E-state index contributed by atoms with van der Waals surface area (Å²) in [6.45, 7) is 4.81. The van der Waals surface area contributed by atoms with Crippen LogP contribution in [0.3, 0.4) is 0 Å². The molecule has 0 saturated carbocycles. The van der Waals surface area contributed by atoms with Gasteiger partial charge in [-0.1, -0.05) is 0 Å². The summed E-state index contributed by atoms with van der Waals surface area (Å²) < 4.78 is 5.50. The van der Waals surface area contributed by atoms with Gasteiger partial charge in [-0.05, 0) is 20.3 Å². The first-order chi connectivity index (χ1) is 7.89. The monoisotopic (exact) mass is 246 g/mol. The van der Waals surface area contributed by atoms with E-state index in [0.717, 1.165) is 0 Å². The van der Waals surface area contributed by atoms with E-state index in [1.54, 1.807) is 0 Å². The van der Waals surface area contributed by atoms with Gasteiger partial charge < -0.3 is 25.6 Å². The summed E-state index contributed by atoms with van der Waals surface area (Å²) in [5, 5.41) is 31.8. The first-order valence-electron chi connectivity index (χ1n) is 5.30. The van der Waals surface area contributed by atoms with E-state index in [1.165, 1.54) is 12.3 Å². The molecule has 0 atom stereocenters. The topological polar surface area (TPSA) is 117 Å². The summed E-state index contributed by atoms with van der Waals surface area (Å²) >= 11 is 0. The minimum absolute atomic E-state index is 0.0950. The number of nitrogens with two attached hydrogens (primary N) is 1. The Labute approximate surface area is 101 Å². The fraction of sp³-hybridized carbons (Fsp3) is 0.700. The number of hydrogen-bond acceptors (Lipinski definition) is 5. The fourth-order valence-electron chi connectivity index (χ4n) is 0.974. The van der Waals surface area contributed by atoms with Gasteiger partial charge in [0.1, 0.15) is 0 Å². The summed E-state index contributed by atoms with van der Waals surface area (Å²) in [7, 11) is 0. The van der Waals surface area contributed by atoms with Gasteiger partial charge in [0, 0.05) is 32.0 Å². The average molecular weight is 246 g/mol. The number of ether oxygens (including phenoxy) is 1. The van der Waals surface area contributed by atoms with Crippen molar-refractivity contribution >= 4 is 5.84 Å². The highest BCUT2D eigenvalue weighted by Crippen LogP contribution is 2.07. The Bertz CT molecular complexity index is 273. The molecule has 17 heavy (non-hydrogen) atoms. The Kier molecular flexibility index (Phi) is 7.08. The highest BCUT2D eigenvalue weighted by molar-refractivity contribution is 5.86. The molecule has 0 spiro atoms. The SMILES string of the molecule is CC(C)(CN/C=C\C(N)=[N+]([O-])[O-])OCCCO. The van der Waals surface area contributed by atoms with Crippen molar-refractivity contribution in [2.45, 2.75) is 25.9 Å². The lowest BCUT2D eigenvalue weighted by Crippen LogP contribution is -2.36. The predicted octanol–water partition coefficient (Wildman–Crippen LogP) is -0.367. The van der Waals surface area contributed by atoms with Crippen molar-refractivity contribution in [1.29, 1.82) is 0 Å². The molecule has 0 bridgehead atoms. The molecule has 0 radical (unpaired) electrons. The van der Waals surface area contributed by atoms with Crippen LogP contribution in [0.5, 0.6) is 0 Å². The molecule has 0 rings (SSSR count). The molecule has 0 unspecified atom stereocenters. The van der Waals surface area contributed by atoms with Gasteiger partial charge in [0.15, 0.2) is 0 Å². The number of rotatable bonds is 8. The Morgan fingerprint density at radius 3 is 2.71 bits per heavy atom. The summed E-state index contributed by atoms with van der Waals surface area (Å²) in [4.78, 5) is -0.666. The van der Waals surface area contributed by atoms with Crippen LogP contribution >= 0.6 is 0 Å². The molecular weight excluding hydrogens is 226 g/mol. The number of hydrogen-bond donors (Lipinski definition) is 3. The summed E-state index contributed by atoms with van der Waals surface area (Å²) in [6.07, 6.45) is 3.18. The van der Waals surface area contributed by atoms with Crippen molar-refractivity contribution in [3.8, 4) is 0 Å². The molecule has 0 aliphatic rings. The zero-order valence-electron chi connectivity index (χ0n) is 10.2. The van der Waals surface area contributed by atoms with Crippen LogP contribution in [0.1, 0.15) is 20.3 Å². The highest BCUT2D eigenvalue weighted by atomic mass is 16.8. The van der Waals surface area contributed by atoms with Gasteiger partial charge in [-0.15, -0.1) is 0 Å². The van der Waals surface area contributed by atoms with Crippen LogP contribution in [-0.4, -0.2) is 41.2 Å². The van der Waals surface area contributed by atoms with E-state index in [4.69, 9.17) is 15.6 Å². The van der Waals surface area contributed by atoms with Crippen LogP contribution < -0.4 is 11.1 Å². The zero-order chi connectivity index (χ0) is 13.3. The van der Waals surface area contributed by atoms with Crippen LogP contribution in [0.25, 0.3) is 0 Å². The van der Waals surface area contributed by atoms with Gasteiger partial charge in [0.05, 0.1) is 5.60 Å². The van der Waals surface area contributed by atoms with Gasteiger partial charge >= 0.3 is 0 Å². The maximum absolute atomic E-state index is 10.2. The van der Waals surface area contributed by atoms with E-state index >= 15 is 0 Å². The first kappa shape index (κ1) is 15.5. The molecule has 0 amide bonds. The number of aliphatic hydroxyl groups excluding tert-OH is 1. The first-order valence-corrected chi connectivity index (χ1v) is 5.30. The van der Waals surface area contributed by atoms with Crippen molar-refractivity contribution < 1.29 is 14.7 Å². The summed E-state index contributed by atoms with van der Waals surface area (Å²) in [5.74, 6) is -0.420. The van der Waals surface area contributed by atoms with Crippen LogP contribution in [-0.2, 0) is 4.74 Å². The second kappa shape index (κ2) is 7.75. The molecule has 0 saturated heterocycles. The number of nitrogens with zero attached hydrogens (tertiary/aromatic N) is 1. The van der Waals surface area contributed by atoms with E-state index in [0.29, 0.717) is 19.6 Å². The van der Waals surface area contributed by atoms with Crippen molar-refractivity contribution in [2.24, 2.45) is 5.73 Å². The zero-order valence-corrected chi connectivity index (χ0v) is 10.2. The van der Waals surface area contributed by atoms with Crippen molar-refractivity contribution in [2.75, 3.05) is 19.8 Å². The van der Waals surface area contributed by atoms with Crippen LogP contribution in [0, 0.1) is 10.4 Å². The lowest BCUT2D eigenvalue weighted by Gasteiger charge is -2.25. The smallest absolute Gasteiger partial charge is 0.275 e. The molecule has 0 heterocycles. The molecule has 0 aromatic rings. The van der Waals surface area contributed by atoms with Gasteiger partial charge in [-0.2, -0.15) is 0 Å². The van der Waals surface area contributed by atoms with Crippen molar-refractivity contribution in [3.05, 3.63) is 22.7 Å². The molecule has 0 aromatic heterocycles. The second-order valence-electron chi connectivity index (χ2n) is 4.08. The molecule has 4 N–H and O–H groups in total. The average Bonchev–Trinajstić information content (AvgIpc) is 2.24. The number of aliphatic hydroxyl groups is 1. The third-order valence-corrected chi connectivity index (χ3v) is 1.91. The van der Waals surface area contributed by atoms with E-state index in [2.05, 4.69) is 5.32 Å². The van der Waals surface area contributed by atoms with Crippen LogP contribution in [0.15, 0.2) is 12.3 Å². The maximum atomic E-state index is 10.2. The number of nitrogens with one attached hydrogen (secondary N) is 1. The standard InChI is InChI=1S/C10H20N3O4/c1-10(2,17-7-3-6-14)8-12-5-4-9(11)13(15)16/h4-5,12,14H,3,6-8,11H2,1-2H3/q-1/b5-4-. The lowest BCUT2D eigenvalue weighted by molar-refractivity contribution is -0.379. The minimum atomic E-state index is -0.666. The second-order valence-corrected chi connectivity index (χ2v) is 4.08. The van der Waals surface area contributed by atoms with Crippen LogP contribution in [0.2, 0.25) is 0 Å². The van der Waals surface area contributed by atoms with E-state index in [-0.39, 0.29) is 6.61 Å². The normalized spacial score (nSPS) is 11.7. The largest absolute Gasteiger partial charge is 0.712 e. The van der Waals surface area contributed by atoms with E-state index in [9.17, 15) is 10.4 Å². The molecule has 0 aromatic carbocycles. The Morgan fingerprint density at radius 1 is 1.53 bits per heavy atom. The third-order valence-electron chi connectivity index (χ3n) is 1.91. The third kappa shape index (κ3) is 8.35. The summed E-state index contributed by atoms with van der Waals surface area (Å²) in [5.41, 5.74) is 4.68. The quantitative estimate of drug-likeness (QED) is 0.177. The van der Waals surface area contributed by atoms with Crippen molar-refractivity contribution in [1.82, 2.24) is 5.32 Å². The Hall–Kier alpha value is -1.47. The molecule has 7 nitrogen and oxygen atoms in total. The Morgan fingerprint density at radius 2 is 2.18 bits per heavy atom. The molecule has 0 aliphatic carbocycles. The summed E-state index contributed by atoms with van der Waals surface area (Å²) in [6, 6.07) is 0. The van der Waals surface area contributed by atoms with E-state index in [1.807, 2.05) is 13.8 Å². The fourth-order valence-corrected chi connectivity index (χ4v) is 0.974. The van der Waals surface area contributed by atoms with Gasteiger partial charge in [0.2, 0.25) is 0 Å². The molecular formula is C10H20N3O4-. The van der Waals surface area contributed by atoms with Gasteiger partial charge in [-0.25, -0.2) is 0 Å². The predicted molar refractivity (Wildman–Crippen MR) is 65.1 cm³/mol. The lowest BCUT2D eigenvalue weighted by atomic mass is 10.1. The van der Waals surface area contributed by atoms with Crippen molar-refractivity contribution in [3.63, 3.8) is 0 Å². The molecule has 7 heteroatoms. The molecule has 0 fully saturated rings. The van der Waals surface area contributed by atoms with Gasteiger partial charge in [0.25, 0.3) is 5.84 Å². The number of amidine groups is 1. The minimum Gasteiger partial charge on any atom is -0.712 e. The molecule has 100 valence electrons. The molecule has 0 aliphatic heterocycles. The van der Waals surface area contributed by atoms with Crippen LogP contribution in [0.4, 0.5) is 0 Å². The van der Waals surface area contributed by atoms with E-state index < -0.39 is 16.3 Å². The Balaban J connectivity index is 3.90. The van der Waals surface area contributed by atoms with Gasteiger partial charge in [-0.3, -0.25) is 10.6 Å². The highest BCUT2D eigenvalue weighted by Gasteiger charge is 2.16. The maximum Gasteiger partial charge on any atom is 0.275 e.